The summed E-state index contributed by atoms with van der Waals surface area (Å²) in [5.41, 5.74) is -2.27. The predicted octanol–water partition coefficient (Wildman–Crippen LogP) is 3.11. The van der Waals surface area contributed by atoms with Gasteiger partial charge in [0.1, 0.15) is 0 Å². The Morgan fingerprint density at radius 2 is 1.83 bits per heavy atom. The number of nitrogens with zero attached hydrogens (tertiary/aromatic N) is 1. The molecule has 0 saturated heterocycles. The Morgan fingerprint density at radius 1 is 1.22 bits per heavy atom. The van der Waals surface area contributed by atoms with Crippen molar-refractivity contribution in [3.05, 3.63) is 17.3 Å². The van der Waals surface area contributed by atoms with E-state index < -0.39 is 47.7 Å². The van der Waals surface area contributed by atoms with Gasteiger partial charge in [0.2, 0.25) is 0 Å². The molecule has 1 aromatic rings. The predicted molar refractivity (Wildman–Crippen MR) is 62.8 cm³/mol. The summed E-state index contributed by atoms with van der Waals surface area (Å²) in [6, 6.07) is 0. The fourth-order valence-electron chi connectivity index (χ4n) is 1.68. The highest BCUT2D eigenvalue weighted by Gasteiger charge is 2.39. The van der Waals surface area contributed by atoms with Crippen molar-refractivity contribution >= 4 is 5.97 Å². The number of alkyl halides is 6. The van der Waals surface area contributed by atoms with E-state index in [1.807, 2.05) is 0 Å². The van der Waals surface area contributed by atoms with Crippen LogP contribution in [0.3, 0.4) is 0 Å². The first-order valence-electron chi connectivity index (χ1n) is 6.04. The molecule has 130 valence electrons. The molecule has 0 aromatic carbocycles. The lowest BCUT2D eigenvalue weighted by atomic mass is 10.1. The van der Waals surface area contributed by atoms with Crippen LogP contribution in [-0.4, -0.2) is 31.0 Å². The molecule has 0 aliphatic carbocycles. The SMILES string of the molecule is CCOC(=O)Cc1c(C(F)(F)F)cnc(OC(F)(F)F)c1OC. The summed E-state index contributed by atoms with van der Waals surface area (Å²) in [5.74, 6) is -3.24. The molecule has 1 rings (SSSR count). The lowest BCUT2D eigenvalue weighted by molar-refractivity contribution is -0.276. The number of pyridine rings is 1. The van der Waals surface area contributed by atoms with E-state index in [1.54, 1.807) is 0 Å². The lowest BCUT2D eigenvalue weighted by Crippen LogP contribution is -2.21. The number of aromatic nitrogens is 1. The van der Waals surface area contributed by atoms with Gasteiger partial charge in [-0.05, 0) is 6.92 Å². The third-order valence-electron chi connectivity index (χ3n) is 2.45. The zero-order valence-electron chi connectivity index (χ0n) is 11.8. The van der Waals surface area contributed by atoms with Crippen molar-refractivity contribution in [2.24, 2.45) is 0 Å². The Morgan fingerprint density at radius 3 is 2.26 bits per heavy atom. The summed E-state index contributed by atoms with van der Waals surface area (Å²) < 4.78 is 88.3. The van der Waals surface area contributed by atoms with Gasteiger partial charge in [0.15, 0.2) is 5.75 Å². The number of hydrogen-bond acceptors (Lipinski definition) is 5. The molecule has 0 saturated carbocycles. The molecule has 0 fully saturated rings. The molecular formula is C12H11F6NO4. The van der Waals surface area contributed by atoms with Crippen LogP contribution in [0.25, 0.3) is 0 Å². The molecule has 0 unspecified atom stereocenters. The van der Waals surface area contributed by atoms with E-state index in [0.717, 1.165) is 7.11 Å². The Labute approximate surface area is 126 Å². The first kappa shape index (κ1) is 18.8. The summed E-state index contributed by atoms with van der Waals surface area (Å²) in [4.78, 5) is 14.4. The van der Waals surface area contributed by atoms with E-state index in [1.165, 1.54) is 6.92 Å². The Bertz CT molecular complexity index is 570. The van der Waals surface area contributed by atoms with E-state index in [4.69, 9.17) is 0 Å². The second-order valence-corrected chi connectivity index (χ2v) is 4.02. The maximum Gasteiger partial charge on any atom is 0.574 e. The second-order valence-electron chi connectivity index (χ2n) is 4.02. The number of ether oxygens (including phenoxy) is 3. The average Bonchev–Trinajstić information content (AvgIpc) is 2.35. The summed E-state index contributed by atoms with van der Waals surface area (Å²) in [7, 11) is 0.828. The van der Waals surface area contributed by atoms with E-state index >= 15 is 0 Å². The van der Waals surface area contributed by atoms with Gasteiger partial charge < -0.3 is 14.2 Å². The van der Waals surface area contributed by atoms with Crippen molar-refractivity contribution in [2.45, 2.75) is 25.9 Å². The molecule has 0 amide bonds. The molecule has 0 spiro atoms. The van der Waals surface area contributed by atoms with Crippen LogP contribution in [0.5, 0.6) is 11.6 Å². The van der Waals surface area contributed by atoms with Gasteiger partial charge >= 0.3 is 18.5 Å². The van der Waals surface area contributed by atoms with Gasteiger partial charge in [-0.2, -0.15) is 13.2 Å². The fourth-order valence-corrected chi connectivity index (χ4v) is 1.68. The van der Waals surface area contributed by atoms with Crippen molar-refractivity contribution < 1.29 is 45.3 Å². The van der Waals surface area contributed by atoms with Gasteiger partial charge in [-0.25, -0.2) is 4.98 Å². The van der Waals surface area contributed by atoms with Crippen LogP contribution in [-0.2, 0) is 22.1 Å². The van der Waals surface area contributed by atoms with E-state index in [9.17, 15) is 31.1 Å². The van der Waals surface area contributed by atoms with E-state index in [2.05, 4.69) is 19.2 Å². The molecule has 5 nitrogen and oxygen atoms in total. The minimum absolute atomic E-state index is 0.112. The number of carbonyl (C=O) groups excluding carboxylic acids is 1. The van der Waals surface area contributed by atoms with E-state index in [-0.39, 0.29) is 12.8 Å². The molecule has 0 aliphatic rings. The number of carbonyl (C=O) groups is 1. The van der Waals surface area contributed by atoms with Gasteiger partial charge in [-0.15, -0.1) is 13.2 Å². The normalized spacial score (nSPS) is 12.0. The van der Waals surface area contributed by atoms with Crippen LogP contribution in [0.2, 0.25) is 0 Å². The number of esters is 1. The maximum absolute atomic E-state index is 13.0. The molecule has 0 N–H and O–H groups in total. The largest absolute Gasteiger partial charge is 0.574 e. The van der Waals surface area contributed by atoms with Gasteiger partial charge in [0, 0.05) is 11.8 Å². The number of methoxy groups -OCH3 is 1. The molecule has 1 aromatic heterocycles. The molecule has 0 radical (unpaired) electrons. The Hall–Kier alpha value is -2.20. The second kappa shape index (κ2) is 6.92. The van der Waals surface area contributed by atoms with Gasteiger partial charge in [-0.1, -0.05) is 0 Å². The Kier molecular flexibility index (Phi) is 5.67. The first-order chi connectivity index (χ1) is 10.5. The minimum Gasteiger partial charge on any atom is -0.491 e. The number of rotatable bonds is 5. The molecule has 1 heterocycles. The molecule has 0 aliphatic heterocycles. The van der Waals surface area contributed by atoms with Crippen LogP contribution >= 0.6 is 0 Å². The lowest BCUT2D eigenvalue weighted by Gasteiger charge is -2.18. The molecule has 23 heavy (non-hydrogen) atoms. The van der Waals surface area contributed by atoms with Crippen LogP contribution in [0.1, 0.15) is 18.1 Å². The smallest absolute Gasteiger partial charge is 0.491 e. The van der Waals surface area contributed by atoms with Crippen molar-refractivity contribution in [2.75, 3.05) is 13.7 Å². The zero-order chi connectivity index (χ0) is 17.8. The van der Waals surface area contributed by atoms with Gasteiger partial charge in [0.05, 0.1) is 25.7 Å². The highest BCUT2D eigenvalue weighted by Crippen LogP contribution is 2.41. The standard InChI is InChI=1S/C12H11F6NO4/c1-3-22-8(20)4-6-7(11(13,14)15)5-19-10(9(6)21-2)23-12(16,17)18/h5H,3-4H2,1-2H3. The van der Waals surface area contributed by atoms with Crippen molar-refractivity contribution in [3.63, 3.8) is 0 Å². The van der Waals surface area contributed by atoms with Crippen molar-refractivity contribution in [3.8, 4) is 11.6 Å². The minimum atomic E-state index is -5.19. The highest BCUT2D eigenvalue weighted by molar-refractivity contribution is 5.74. The van der Waals surface area contributed by atoms with Crippen molar-refractivity contribution in [1.82, 2.24) is 4.98 Å². The molecule has 11 heteroatoms. The average molecular weight is 347 g/mol. The van der Waals surface area contributed by atoms with Crippen LogP contribution < -0.4 is 9.47 Å². The zero-order valence-corrected chi connectivity index (χ0v) is 11.8. The molecular weight excluding hydrogens is 336 g/mol. The monoisotopic (exact) mass is 347 g/mol. The molecule has 0 atom stereocenters. The van der Waals surface area contributed by atoms with Gasteiger partial charge in [0.25, 0.3) is 5.88 Å². The third-order valence-corrected chi connectivity index (χ3v) is 2.45. The van der Waals surface area contributed by atoms with Gasteiger partial charge in [-0.3, -0.25) is 4.79 Å². The van der Waals surface area contributed by atoms with Crippen LogP contribution in [0.15, 0.2) is 6.20 Å². The summed E-state index contributed by atoms with van der Waals surface area (Å²) in [6.45, 7) is 1.31. The summed E-state index contributed by atoms with van der Waals surface area (Å²) in [5, 5.41) is 0. The Balaban J connectivity index is 3.43. The maximum atomic E-state index is 13.0. The quantitative estimate of drug-likeness (QED) is 0.605. The number of hydrogen-bond donors (Lipinski definition) is 0. The van der Waals surface area contributed by atoms with Crippen LogP contribution in [0, 0.1) is 0 Å². The van der Waals surface area contributed by atoms with Crippen molar-refractivity contribution in [1.29, 1.82) is 0 Å². The number of halogens is 6. The highest BCUT2D eigenvalue weighted by atomic mass is 19.4. The molecule has 0 bridgehead atoms. The summed E-state index contributed by atoms with van der Waals surface area (Å²) >= 11 is 0. The van der Waals surface area contributed by atoms with E-state index in [0.29, 0.717) is 0 Å². The summed E-state index contributed by atoms with van der Waals surface area (Å²) in [6.07, 6.45) is -11.0. The van der Waals surface area contributed by atoms with Crippen LogP contribution in [0.4, 0.5) is 26.3 Å². The first-order valence-corrected chi connectivity index (χ1v) is 6.04. The fraction of sp³-hybridized carbons (Fsp3) is 0.500. The topological polar surface area (TPSA) is 57.7 Å². The third kappa shape index (κ3) is 5.18.